The first kappa shape index (κ1) is 23.3. The molecule has 0 aromatic heterocycles. The zero-order chi connectivity index (χ0) is 24.1. The molecule has 4 rings (SSSR count). The molecule has 0 radical (unpaired) electrons. The third kappa shape index (κ3) is 5.04. The van der Waals surface area contributed by atoms with Gasteiger partial charge in [-0.2, -0.15) is 15.1 Å². The van der Waals surface area contributed by atoms with E-state index in [4.69, 9.17) is 19.6 Å². The number of benzene rings is 2. The van der Waals surface area contributed by atoms with Crippen molar-refractivity contribution in [1.82, 2.24) is 5.01 Å². The number of hydrogen-bond donors (Lipinski definition) is 1. The zero-order valence-corrected chi connectivity index (χ0v) is 19.7. The number of aliphatic imine (C=N–C) groups is 1. The SMILES string of the molecule is C=CCc1cc(/C=C2/C(=N)N3N=C(C)SC3=NC2=O)cc(OC)c1OCCOc1ccccc1. The molecule has 2 aliphatic heterocycles. The van der Waals surface area contributed by atoms with Gasteiger partial charge in [-0.25, -0.2) is 0 Å². The molecule has 34 heavy (non-hydrogen) atoms. The van der Waals surface area contributed by atoms with Gasteiger partial charge in [0.15, 0.2) is 17.3 Å². The first-order chi connectivity index (χ1) is 16.5. The Hall–Kier alpha value is -3.85. The fourth-order valence-corrected chi connectivity index (χ4v) is 4.20. The van der Waals surface area contributed by atoms with Gasteiger partial charge >= 0.3 is 0 Å². The molecule has 0 bridgehead atoms. The molecule has 0 atom stereocenters. The minimum atomic E-state index is -0.476. The van der Waals surface area contributed by atoms with Crippen molar-refractivity contribution in [3.05, 3.63) is 71.8 Å². The van der Waals surface area contributed by atoms with E-state index in [0.29, 0.717) is 41.9 Å². The number of amides is 1. The molecule has 2 aromatic rings. The van der Waals surface area contributed by atoms with Gasteiger partial charge in [-0.3, -0.25) is 10.2 Å². The van der Waals surface area contributed by atoms with Crippen LogP contribution in [0.4, 0.5) is 0 Å². The third-order valence-corrected chi connectivity index (χ3v) is 5.77. The summed E-state index contributed by atoms with van der Waals surface area (Å²) >= 11 is 1.27. The van der Waals surface area contributed by atoms with Crippen LogP contribution in [0.5, 0.6) is 17.2 Å². The summed E-state index contributed by atoms with van der Waals surface area (Å²) in [5.74, 6) is 1.38. The van der Waals surface area contributed by atoms with E-state index in [1.54, 1.807) is 25.3 Å². The van der Waals surface area contributed by atoms with E-state index in [-0.39, 0.29) is 11.4 Å². The number of thioether (sulfide) groups is 1. The first-order valence-corrected chi connectivity index (χ1v) is 11.4. The maximum absolute atomic E-state index is 12.6. The number of hydrogen-bond acceptors (Lipinski definition) is 7. The predicted molar refractivity (Wildman–Crippen MR) is 135 cm³/mol. The average Bonchev–Trinajstić information content (AvgIpc) is 3.21. The second-order valence-corrected chi connectivity index (χ2v) is 8.51. The lowest BCUT2D eigenvalue weighted by atomic mass is 10.0. The van der Waals surface area contributed by atoms with Crippen LogP contribution in [0.2, 0.25) is 0 Å². The predicted octanol–water partition coefficient (Wildman–Crippen LogP) is 4.52. The number of methoxy groups -OCH3 is 1. The maximum Gasteiger partial charge on any atom is 0.283 e. The minimum absolute atomic E-state index is 0.0121. The highest BCUT2D eigenvalue weighted by molar-refractivity contribution is 8.26. The number of nitrogens with one attached hydrogen (secondary N) is 1. The Labute approximate surface area is 202 Å². The highest BCUT2D eigenvalue weighted by atomic mass is 32.2. The van der Waals surface area contributed by atoms with Gasteiger partial charge in [0.2, 0.25) is 5.17 Å². The second kappa shape index (κ2) is 10.4. The number of carbonyl (C=O) groups is 1. The van der Waals surface area contributed by atoms with E-state index in [1.165, 1.54) is 16.8 Å². The van der Waals surface area contributed by atoms with E-state index in [1.807, 2.05) is 43.3 Å². The number of amidine groups is 2. The number of allylic oxidation sites excluding steroid dienone is 1. The molecule has 8 nitrogen and oxygen atoms in total. The molecule has 0 unspecified atom stereocenters. The van der Waals surface area contributed by atoms with E-state index in [9.17, 15) is 4.79 Å². The molecule has 2 aliphatic rings. The topological polar surface area (TPSA) is 96.6 Å². The van der Waals surface area contributed by atoms with Crippen molar-refractivity contribution in [2.24, 2.45) is 10.1 Å². The Kier molecular flexibility index (Phi) is 7.12. The number of rotatable bonds is 9. The van der Waals surface area contributed by atoms with Gasteiger partial charge in [-0.15, -0.1) is 6.58 Å². The monoisotopic (exact) mass is 476 g/mol. The fourth-order valence-electron chi connectivity index (χ4n) is 3.46. The van der Waals surface area contributed by atoms with E-state index >= 15 is 0 Å². The number of nitrogens with zero attached hydrogens (tertiary/aromatic N) is 3. The number of carbonyl (C=O) groups excluding carboxylic acids is 1. The molecule has 0 fully saturated rings. The molecule has 1 N–H and O–H groups in total. The standard InChI is InChI=1S/C25H24N4O4S/c1-4-8-18-13-17(14-20-23(26)29-25(27-24(20)30)34-16(2)28-29)15-21(31-3)22(18)33-12-11-32-19-9-6-5-7-10-19/h4-7,9-10,13-15,26H,1,8,11-12H2,2-3H3/b20-14-,26-23?. The van der Waals surface area contributed by atoms with Gasteiger partial charge in [0.25, 0.3) is 5.91 Å². The third-order valence-electron chi connectivity index (χ3n) is 4.95. The van der Waals surface area contributed by atoms with Gasteiger partial charge < -0.3 is 14.2 Å². The van der Waals surface area contributed by atoms with Crippen molar-refractivity contribution in [2.75, 3.05) is 20.3 Å². The van der Waals surface area contributed by atoms with Crippen molar-refractivity contribution >= 4 is 39.8 Å². The molecular formula is C25H24N4O4S. The molecule has 2 aromatic carbocycles. The summed E-state index contributed by atoms with van der Waals surface area (Å²) in [6, 6.07) is 13.2. The smallest absolute Gasteiger partial charge is 0.283 e. The largest absolute Gasteiger partial charge is 0.493 e. The van der Waals surface area contributed by atoms with Gasteiger partial charge in [-0.05, 0) is 61.0 Å². The molecule has 0 spiro atoms. The average molecular weight is 477 g/mol. The lowest BCUT2D eigenvalue weighted by Crippen LogP contribution is -2.35. The van der Waals surface area contributed by atoms with Gasteiger partial charge in [0, 0.05) is 5.56 Å². The number of fused-ring (bicyclic) bond motifs is 1. The molecule has 9 heteroatoms. The molecule has 0 saturated carbocycles. The molecular weight excluding hydrogens is 452 g/mol. The van der Waals surface area contributed by atoms with Crippen LogP contribution in [0.1, 0.15) is 18.1 Å². The van der Waals surface area contributed by atoms with Crippen LogP contribution in [-0.2, 0) is 11.2 Å². The Morgan fingerprint density at radius 1 is 1.18 bits per heavy atom. The zero-order valence-electron chi connectivity index (χ0n) is 18.9. The van der Waals surface area contributed by atoms with Crippen LogP contribution >= 0.6 is 11.8 Å². The van der Waals surface area contributed by atoms with Crippen LogP contribution in [-0.4, -0.2) is 47.3 Å². The lowest BCUT2D eigenvalue weighted by molar-refractivity contribution is -0.114. The first-order valence-electron chi connectivity index (χ1n) is 10.6. The summed E-state index contributed by atoms with van der Waals surface area (Å²) in [5.41, 5.74) is 1.67. The summed E-state index contributed by atoms with van der Waals surface area (Å²) in [5, 5.41) is 15.2. The number of para-hydroxylation sites is 1. The summed E-state index contributed by atoms with van der Waals surface area (Å²) in [4.78, 5) is 16.7. The van der Waals surface area contributed by atoms with Crippen molar-refractivity contribution in [2.45, 2.75) is 13.3 Å². The van der Waals surface area contributed by atoms with Crippen molar-refractivity contribution < 1.29 is 19.0 Å². The summed E-state index contributed by atoms with van der Waals surface area (Å²) in [6.07, 6.45) is 3.92. The normalized spacial score (nSPS) is 16.2. The molecule has 1 amide bonds. The fraction of sp³-hybridized carbons (Fsp3) is 0.200. The van der Waals surface area contributed by atoms with Crippen LogP contribution < -0.4 is 14.2 Å². The van der Waals surface area contributed by atoms with Crippen LogP contribution in [0, 0.1) is 5.41 Å². The van der Waals surface area contributed by atoms with Gasteiger partial charge in [0.1, 0.15) is 19.0 Å². The Bertz CT molecular complexity index is 1220. The Morgan fingerprint density at radius 3 is 2.68 bits per heavy atom. The van der Waals surface area contributed by atoms with Crippen LogP contribution in [0.25, 0.3) is 6.08 Å². The van der Waals surface area contributed by atoms with Crippen LogP contribution in [0.3, 0.4) is 0 Å². The minimum Gasteiger partial charge on any atom is -0.493 e. The lowest BCUT2D eigenvalue weighted by Gasteiger charge is -2.20. The Balaban J connectivity index is 1.57. The summed E-state index contributed by atoms with van der Waals surface area (Å²) < 4.78 is 17.3. The molecule has 174 valence electrons. The molecule has 2 heterocycles. The quantitative estimate of drug-likeness (QED) is 0.325. The van der Waals surface area contributed by atoms with Gasteiger partial charge in [0.05, 0.1) is 17.7 Å². The second-order valence-electron chi connectivity index (χ2n) is 7.35. The van der Waals surface area contributed by atoms with Crippen LogP contribution in [0.15, 0.2) is 70.8 Å². The Morgan fingerprint density at radius 2 is 1.94 bits per heavy atom. The summed E-state index contributed by atoms with van der Waals surface area (Å²) in [6.45, 7) is 6.33. The molecule has 0 aliphatic carbocycles. The van der Waals surface area contributed by atoms with Crippen molar-refractivity contribution in [3.63, 3.8) is 0 Å². The van der Waals surface area contributed by atoms with E-state index < -0.39 is 5.91 Å². The number of ether oxygens (including phenoxy) is 3. The maximum atomic E-state index is 12.6. The highest BCUT2D eigenvalue weighted by Crippen LogP contribution is 2.35. The van der Waals surface area contributed by atoms with Gasteiger partial charge in [-0.1, -0.05) is 24.3 Å². The van der Waals surface area contributed by atoms with E-state index in [2.05, 4.69) is 16.7 Å². The highest BCUT2D eigenvalue weighted by Gasteiger charge is 2.34. The summed E-state index contributed by atoms with van der Waals surface area (Å²) in [7, 11) is 1.56. The van der Waals surface area contributed by atoms with Crippen molar-refractivity contribution in [1.29, 1.82) is 5.41 Å². The number of hydrazone groups is 1. The van der Waals surface area contributed by atoms with E-state index in [0.717, 1.165) is 16.4 Å². The molecule has 0 saturated heterocycles. The van der Waals surface area contributed by atoms with Crippen molar-refractivity contribution in [3.8, 4) is 17.2 Å².